The summed E-state index contributed by atoms with van der Waals surface area (Å²) in [4.78, 5) is 24.3. The minimum atomic E-state index is -0.0819. The monoisotopic (exact) mass is 411 g/mol. The second-order valence-electron chi connectivity index (χ2n) is 7.37. The summed E-state index contributed by atoms with van der Waals surface area (Å²) in [7, 11) is 3.24. The minimum absolute atomic E-state index is 0.0134. The summed E-state index contributed by atoms with van der Waals surface area (Å²) in [6.07, 6.45) is 3.40. The third-order valence-electron chi connectivity index (χ3n) is 5.75. The van der Waals surface area contributed by atoms with E-state index in [2.05, 4.69) is 9.97 Å². The number of nitrogens with zero attached hydrogens (tertiary/aromatic N) is 3. The predicted molar refractivity (Wildman–Crippen MR) is 119 cm³/mol. The first-order chi connectivity index (χ1) is 15.2. The van der Waals surface area contributed by atoms with Crippen molar-refractivity contribution < 1.29 is 14.3 Å². The second kappa shape index (κ2) is 7.72. The number of pyridine rings is 2. The highest BCUT2D eigenvalue weighted by molar-refractivity contribution is 6.14. The highest BCUT2D eigenvalue weighted by Gasteiger charge is 2.35. The normalized spacial score (nSPS) is 15.0. The molecule has 1 unspecified atom stereocenters. The molecule has 31 heavy (non-hydrogen) atoms. The molecule has 2 aromatic carbocycles. The number of benzene rings is 2. The van der Waals surface area contributed by atoms with Crippen molar-refractivity contribution in [3.63, 3.8) is 0 Å². The summed E-state index contributed by atoms with van der Waals surface area (Å²) in [5.74, 6) is 1.93. The maximum atomic E-state index is 13.6. The van der Waals surface area contributed by atoms with Crippen molar-refractivity contribution in [3.8, 4) is 11.5 Å². The number of anilines is 1. The van der Waals surface area contributed by atoms with E-state index >= 15 is 0 Å². The fourth-order valence-electron chi connectivity index (χ4n) is 4.24. The molecule has 0 radical (unpaired) electrons. The first-order valence-electron chi connectivity index (χ1n) is 10.0. The SMILES string of the molecule is COc1ccc(C2CN(C(=O)c3ccnc4ccccc34)c3ncccc32)cc1OC. The fourth-order valence-corrected chi connectivity index (χ4v) is 4.24. The van der Waals surface area contributed by atoms with Crippen LogP contribution in [0, 0.1) is 0 Å². The Morgan fingerprint density at radius 2 is 1.77 bits per heavy atom. The van der Waals surface area contributed by atoms with Crippen molar-refractivity contribution >= 4 is 22.6 Å². The number of para-hydroxylation sites is 1. The number of carbonyl (C=O) groups excluding carboxylic acids is 1. The van der Waals surface area contributed by atoms with Crippen molar-refractivity contribution in [2.75, 3.05) is 25.7 Å². The lowest BCUT2D eigenvalue weighted by Crippen LogP contribution is -2.30. The maximum absolute atomic E-state index is 13.6. The Morgan fingerprint density at radius 1 is 0.935 bits per heavy atom. The maximum Gasteiger partial charge on any atom is 0.260 e. The van der Waals surface area contributed by atoms with E-state index in [9.17, 15) is 4.79 Å². The molecule has 0 N–H and O–H groups in total. The molecule has 6 heteroatoms. The molecule has 1 aliphatic heterocycles. The summed E-state index contributed by atoms with van der Waals surface area (Å²) in [6, 6.07) is 19.3. The molecule has 5 rings (SSSR count). The summed E-state index contributed by atoms with van der Waals surface area (Å²) >= 11 is 0. The molecule has 0 aliphatic carbocycles. The molecule has 6 nitrogen and oxygen atoms in total. The first-order valence-corrected chi connectivity index (χ1v) is 10.0. The summed E-state index contributed by atoms with van der Waals surface area (Å²) < 4.78 is 10.9. The Balaban J connectivity index is 1.57. The Hall–Kier alpha value is -3.93. The molecule has 0 saturated heterocycles. The van der Waals surface area contributed by atoms with E-state index in [1.807, 2.05) is 54.6 Å². The average Bonchev–Trinajstić information content (AvgIpc) is 3.22. The van der Waals surface area contributed by atoms with Gasteiger partial charge >= 0.3 is 0 Å². The van der Waals surface area contributed by atoms with E-state index in [-0.39, 0.29) is 11.8 Å². The van der Waals surface area contributed by atoms with Gasteiger partial charge in [0.05, 0.1) is 25.3 Å². The number of aromatic nitrogens is 2. The van der Waals surface area contributed by atoms with Gasteiger partial charge in [-0.05, 0) is 35.9 Å². The van der Waals surface area contributed by atoms with E-state index in [0.29, 0.717) is 29.4 Å². The van der Waals surface area contributed by atoms with E-state index in [0.717, 1.165) is 22.0 Å². The van der Waals surface area contributed by atoms with Crippen molar-refractivity contribution in [3.05, 3.63) is 89.7 Å². The zero-order valence-electron chi connectivity index (χ0n) is 17.3. The van der Waals surface area contributed by atoms with Gasteiger partial charge < -0.3 is 9.47 Å². The van der Waals surface area contributed by atoms with Gasteiger partial charge in [-0.3, -0.25) is 14.7 Å². The second-order valence-corrected chi connectivity index (χ2v) is 7.37. The van der Waals surface area contributed by atoms with Crippen LogP contribution in [0.1, 0.15) is 27.4 Å². The molecule has 0 bridgehead atoms. The average molecular weight is 411 g/mol. The van der Waals surface area contributed by atoms with Crippen LogP contribution in [-0.4, -0.2) is 36.6 Å². The van der Waals surface area contributed by atoms with Crippen LogP contribution in [0.2, 0.25) is 0 Å². The van der Waals surface area contributed by atoms with Gasteiger partial charge in [-0.2, -0.15) is 0 Å². The standard InChI is InChI=1S/C25H21N3O3/c1-30-22-10-9-16(14-23(22)31-2)20-15-28(24-18(20)7-5-12-27-24)25(29)19-11-13-26-21-8-4-3-6-17(19)21/h3-14,20H,15H2,1-2H3. The molecule has 1 aliphatic rings. The van der Waals surface area contributed by atoms with Crippen LogP contribution in [-0.2, 0) is 0 Å². The number of hydrogen-bond donors (Lipinski definition) is 0. The Morgan fingerprint density at radius 3 is 2.61 bits per heavy atom. The van der Waals surface area contributed by atoms with Gasteiger partial charge in [-0.25, -0.2) is 4.98 Å². The van der Waals surface area contributed by atoms with Crippen LogP contribution in [0.5, 0.6) is 11.5 Å². The largest absolute Gasteiger partial charge is 0.493 e. The van der Waals surface area contributed by atoms with Crippen LogP contribution >= 0.6 is 0 Å². The lowest BCUT2D eigenvalue weighted by atomic mass is 9.94. The zero-order chi connectivity index (χ0) is 21.4. The third-order valence-corrected chi connectivity index (χ3v) is 5.75. The highest BCUT2D eigenvalue weighted by atomic mass is 16.5. The molecular formula is C25H21N3O3. The molecule has 154 valence electrons. The molecule has 1 amide bonds. The number of rotatable bonds is 4. The molecular weight excluding hydrogens is 390 g/mol. The Bertz CT molecular complexity index is 1280. The van der Waals surface area contributed by atoms with Crippen LogP contribution in [0.3, 0.4) is 0 Å². The van der Waals surface area contributed by atoms with Crippen LogP contribution in [0.25, 0.3) is 10.9 Å². The molecule has 0 spiro atoms. The minimum Gasteiger partial charge on any atom is -0.493 e. The van der Waals surface area contributed by atoms with E-state index < -0.39 is 0 Å². The van der Waals surface area contributed by atoms with Crippen LogP contribution < -0.4 is 14.4 Å². The van der Waals surface area contributed by atoms with E-state index in [4.69, 9.17) is 9.47 Å². The number of ether oxygens (including phenoxy) is 2. The molecule has 3 heterocycles. The lowest BCUT2D eigenvalue weighted by molar-refractivity contribution is 0.0989. The zero-order valence-corrected chi connectivity index (χ0v) is 17.3. The van der Waals surface area contributed by atoms with Crippen molar-refractivity contribution in [1.82, 2.24) is 9.97 Å². The number of amides is 1. The smallest absolute Gasteiger partial charge is 0.260 e. The van der Waals surface area contributed by atoms with Gasteiger partial charge in [0.2, 0.25) is 0 Å². The van der Waals surface area contributed by atoms with Crippen molar-refractivity contribution in [1.29, 1.82) is 0 Å². The van der Waals surface area contributed by atoms with Crippen molar-refractivity contribution in [2.24, 2.45) is 0 Å². The number of carbonyl (C=O) groups is 1. The molecule has 0 saturated carbocycles. The number of methoxy groups -OCH3 is 2. The van der Waals surface area contributed by atoms with Crippen LogP contribution in [0.4, 0.5) is 5.82 Å². The Kier molecular flexibility index (Phi) is 4.75. The number of hydrogen-bond acceptors (Lipinski definition) is 5. The highest BCUT2D eigenvalue weighted by Crippen LogP contribution is 2.41. The molecule has 4 aromatic rings. The topological polar surface area (TPSA) is 64.5 Å². The van der Waals surface area contributed by atoms with E-state index in [1.54, 1.807) is 37.6 Å². The quantitative estimate of drug-likeness (QED) is 0.497. The van der Waals surface area contributed by atoms with E-state index in [1.165, 1.54) is 0 Å². The van der Waals surface area contributed by atoms with Gasteiger partial charge in [-0.15, -0.1) is 0 Å². The van der Waals surface area contributed by atoms with Gasteiger partial charge in [0, 0.05) is 35.8 Å². The number of fused-ring (bicyclic) bond motifs is 2. The molecule has 2 aromatic heterocycles. The fraction of sp³-hybridized carbons (Fsp3) is 0.160. The lowest BCUT2D eigenvalue weighted by Gasteiger charge is -2.18. The van der Waals surface area contributed by atoms with Crippen molar-refractivity contribution in [2.45, 2.75) is 5.92 Å². The summed E-state index contributed by atoms with van der Waals surface area (Å²) in [5, 5.41) is 0.835. The van der Waals surface area contributed by atoms with Gasteiger partial charge in [0.25, 0.3) is 5.91 Å². The van der Waals surface area contributed by atoms with Gasteiger partial charge in [-0.1, -0.05) is 30.3 Å². The Labute approximate surface area is 180 Å². The van der Waals surface area contributed by atoms with Gasteiger partial charge in [0.15, 0.2) is 11.5 Å². The summed E-state index contributed by atoms with van der Waals surface area (Å²) in [6.45, 7) is 0.497. The third kappa shape index (κ3) is 3.17. The first kappa shape index (κ1) is 19.1. The summed E-state index contributed by atoms with van der Waals surface area (Å²) in [5.41, 5.74) is 3.48. The molecule has 1 atom stereocenters. The van der Waals surface area contributed by atoms with Gasteiger partial charge in [0.1, 0.15) is 5.82 Å². The molecule has 0 fully saturated rings. The predicted octanol–water partition coefficient (Wildman–Crippen LogP) is 4.44. The van der Waals surface area contributed by atoms with Crippen LogP contribution in [0.15, 0.2) is 73.1 Å².